The molecule has 1 rings (SSSR count). The van der Waals surface area contributed by atoms with Gasteiger partial charge in [0, 0.05) is 6.07 Å². The Hall–Kier alpha value is -2.24. The van der Waals surface area contributed by atoms with Gasteiger partial charge in [-0.25, -0.2) is 0 Å². The zero-order chi connectivity index (χ0) is 17.2. The number of ether oxygens (including phenoxy) is 2. The Balaban J connectivity index is 2.93. The molecule has 0 aliphatic heterocycles. The lowest BCUT2D eigenvalue weighted by Gasteiger charge is -2.15. The van der Waals surface area contributed by atoms with Crippen molar-refractivity contribution in [2.75, 3.05) is 13.2 Å². The SMILES string of the molecule is CCCCOc1cc(OCCC)ccc1C(=O)NC(C)C(=O)O. The van der Waals surface area contributed by atoms with Gasteiger partial charge in [-0.2, -0.15) is 0 Å². The summed E-state index contributed by atoms with van der Waals surface area (Å²) in [6, 6.07) is 3.98. The number of carbonyl (C=O) groups excluding carboxylic acids is 1. The summed E-state index contributed by atoms with van der Waals surface area (Å²) in [4.78, 5) is 23.1. The Kier molecular flexibility index (Phi) is 7.94. The molecule has 0 fully saturated rings. The molecule has 0 aromatic heterocycles. The molecular weight excluding hydrogens is 298 g/mol. The number of amides is 1. The summed E-state index contributed by atoms with van der Waals surface area (Å²) >= 11 is 0. The molecule has 0 saturated carbocycles. The normalized spacial score (nSPS) is 11.6. The topological polar surface area (TPSA) is 84.9 Å². The van der Waals surface area contributed by atoms with E-state index in [-0.39, 0.29) is 0 Å². The van der Waals surface area contributed by atoms with Gasteiger partial charge in [0.1, 0.15) is 17.5 Å². The van der Waals surface area contributed by atoms with Gasteiger partial charge in [0.05, 0.1) is 18.8 Å². The van der Waals surface area contributed by atoms with Crippen molar-refractivity contribution in [2.45, 2.75) is 46.1 Å². The first-order valence-corrected chi connectivity index (χ1v) is 7.92. The number of carbonyl (C=O) groups is 2. The van der Waals surface area contributed by atoms with Gasteiger partial charge in [0.2, 0.25) is 0 Å². The lowest BCUT2D eigenvalue weighted by molar-refractivity contribution is -0.138. The molecule has 0 aliphatic carbocycles. The van der Waals surface area contributed by atoms with Crippen molar-refractivity contribution in [1.29, 1.82) is 0 Å². The molecule has 23 heavy (non-hydrogen) atoms. The van der Waals surface area contributed by atoms with Crippen LogP contribution < -0.4 is 14.8 Å². The standard InChI is InChI=1S/C17H25NO5/c1-4-6-10-23-15-11-13(22-9-5-2)7-8-14(15)16(19)18-12(3)17(20)21/h7-8,11-12H,4-6,9-10H2,1-3H3,(H,18,19)(H,20,21). The third-order valence-corrected chi connectivity index (χ3v) is 3.14. The van der Waals surface area contributed by atoms with E-state index < -0.39 is 17.9 Å². The minimum Gasteiger partial charge on any atom is -0.493 e. The van der Waals surface area contributed by atoms with Gasteiger partial charge in [-0.15, -0.1) is 0 Å². The van der Waals surface area contributed by atoms with Gasteiger partial charge in [-0.1, -0.05) is 20.3 Å². The van der Waals surface area contributed by atoms with Gasteiger partial charge in [-0.3, -0.25) is 9.59 Å². The lowest BCUT2D eigenvalue weighted by Crippen LogP contribution is -2.38. The van der Waals surface area contributed by atoms with Crippen LogP contribution in [0.3, 0.4) is 0 Å². The average Bonchev–Trinajstić information content (AvgIpc) is 2.53. The Morgan fingerprint density at radius 1 is 1.17 bits per heavy atom. The molecule has 1 unspecified atom stereocenters. The van der Waals surface area contributed by atoms with Crippen molar-refractivity contribution >= 4 is 11.9 Å². The van der Waals surface area contributed by atoms with E-state index in [1.54, 1.807) is 18.2 Å². The number of unbranched alkanes of at least 4 members (excludes halogenated alkanes) is 1. The van der Waals surface area contributed by atoms with Crippen molar-refractivity contribution in [3.63, 3.8) is 0 Å². The number of rotatable bonds is 10. The first kappa shape index (κ1) is 18.8. The highest BCUT2D eigenvalue weighted by molar-refractivity contribution is 5.99. The average molecular weight is 323 g/mol. The van der Waals surface area contributed by atoms with Crippen LogP contribution in [0.25, 0.3) is 0 Å². The van der Waals surface area contributed by atoms with Crippen molar-refractivity contribution in [3.05, 3.63) is 23.8 Å². The largest absolute Gasteiger partial charge is 0.493 e. The van der Waals surface area contributed by atoms with Gasteiger partial charge in [-0.05, 0) is 31.9 Å². The van der Waals surface area contributed by atoms with E-state index in [1.165, 1.54) is 6.92 Å². The Labute approximate surface area is 136 Å². The summed E-state index contributed by atoms with van der Waals surface area (Å²) in [5, 5.41) is 11.3. The highest BCUT2D eigenvalue weighted by atomic mass is 16.5. The van der Waals surface area contributed by atoms with E-state index in [0.717, 1.165) is 19.3 Å². The first-order valence-electron chi connectivity index (χ1n) is 7.92. The van der Waals surface area contributed by atoms with E-state index in [9.17, 15) is 9.59 Å². The second-order valence-corrected chi connectivity index (χ2v) is 5.24. The van der Waals surface area contributed by atoms with Crippen LogP contribution in [0.5, 0.6) is 11.5 Å². The van der Waals surface area contributed by atoms with Crippen LogP contribution in [0.2, 0.25) is 0 Å². The maximum atomic E-state index is 12.2. The van der Waals surface area contributed by atoms with E-state index >= 15 is 0 Å². The number of aliphatic carboxylic acids is 1. The van der Waals surface area contributed by atoms with Gasteiger partial charge < -0.3 is 19.9 Å². The molecule has 0 spiro atoms. The zero-order valence-electron chi connectivity index (χ0n) is 13.9. The van der Waals surface area contributed by atoms with E-state index in [2.05, 4.69) is 5.32 Å². The molecule has 0 aliphatic rings. The summed E-state index contributed by atoms with van der Waals surface area (Å²) in [7, 11) is 0. The van der Waals surface area contributed by atoms with Crippen LogP contribution in [-0.4, -0.2) is 36.2 Å². The highest BCUT2D eigenvalue weighted by Gasteiger charge is 2.19. The van der Waals surface area contributed by atoms with Crippen LogP contribution in [-0.2, 0) is 4.79 Å². The molecule has 6 nitrogen and oxygen atoms in total. The minimum absolute atomic E-state index is 0.304. The molecule has 6 heteroatoms. The van der Waals surface area contributed by atoms with E-state index in [0.29, 0.717) is 30.3 Å². The van der Waals surface area contributed by atoms with Crippen LogP contribution in [0.1, 0.15) is 50.4 Å². The van der Waals surface area contributed by atoms with Crippen molar-refractivity contribution in [1.82, 2.24) is 5.32 Å². The molecule has 0 heterocycles. The number of carboxylic acids is 1. The maximum absolute atomic E-state index is 12.2. The summed E-state index contributed by atoms with van der Waals surface area (Å²) in [6.45, 7) is 6.54. The summed E-state index contributed by atoms with van der Waals surface area (Å²) in [5.41, 5.74) is 0.304. The van der Waals surface area contributed by atoms with Gasteiger partial charge in [0.25, 0.3) is 5.91 Å². The van der Waals surface area contributed by atoms with Gasteiger partial charge >= 0.3 is 5.97 Å². The van der Waals surface area contributed by atoms with E-state index in [1.807, 2.05) is 13.8 Å². The zero-order valence-corrected chi connectivity index (χ0v) is 13.9. The molecule has 0 bridgehead atoms. The minimum atomic E-state index is -1.09. The fourth-order valence-corrected chi connectivity index (χ4v) is 1.78. The predicted molar refractivity (Wildman–Crippen MR) is 87.2 cm³/mol. The predicted octanol–water partition coefficient (Wildman–Crippen LogP) is 2.86. The number of hydrogen-bond donors (Lipinski definition) is 2. The maximum Gasteiger partial charge on any atom is 0.325 e. The van der Waals surface area contributed by atoms with Crippen LogP contribution in [0.15, 0.2) is 18.2 Å². The second-order valence-electron chi connectivity index (χ2n) is 5.24. The molecule has 0 radical (unpaired) electrons. The molecule has 1 atom stereocenters. The highest BCUT2D eigenvalue weighted by Crippen LogP contribution is 2.25. The first-order chi connectivity index (χ1) is 11.0. The lowest BCUT2D eigenvalue weighted by atomic mass is 10.1. The molecule has 1 amide bonds. The molecule has 1 aromatic carbocycles. The fourth-order valence-electron chi connectivity index (χ4n) is 1.78. The third-order valence-electron chi connectivity index (χ3n) is 3.14. The van der Waals surface area contributed by atoms with Crippen LogP contribution >= 0.6 is 0 Å². The van der Waals surface area contributed by atoms with Crippen molar-refractivity contribution < 1.29 is 24.2 Å². The summed E-state index contributed by atoms with van der Waals surface area (Å²) < 4.78 is 11.2. The van der Waals surface area contributed by atoms with Crippen molar-refractivity contribution in [2.24, 2.45) is 0 Å². The Morgan fingerprint density at radius 3 is 2.52 bits per heavy atom. The number of nitrogens with one attached hydrogen (secondary N) is 1. The second kappa shape index (κ2) is 9.71. The van der Waals surface area contributed by atoms with Crippen LogP contribution in [0, 0.1) is 0 Å². The molecule has 128 valence electrons. The Bertz CT molecular complexity index is 530. The van der Waals surface area contributed by atoms with Gasteiger partial charge in [0.15, 0.2) is 0 Å². The van der Waals surface area contributed by atoms with Crippen LogP contribution in [0.4, 0.5) is 0 Å². The number of carboxylic acid groups (broad SMARTS) is 1. The summed E-state index contributed by atoms with van der Waals surface area (Å²) in [5.74, 6) is -0.536. The quantitative estimate of drug-likeness (QED) is 0.647. The smallest absolute Gasteiger partial charge is 0.325 e. The van der Waals surface area contributed by atoms with E-state index in [4.69, 9.17) is 14.6 Å². The molecule has 1 aromatic rings. The molecular formula is C17H25NO5. The molecule has 2 N–H and O–H groups in total. The number of benzene rings is 1. The molecule has 0 saturated heterocycles. The van der Waals surface area contributed by atoms with Crippen molar-refractivity contribution in [3.8, 4) is 11.5 Å². The third kappa shape index (κ3) is 6.18. The fraction of sp³-hybridized carbons (Fsp3) is 0.529. The summed E-state index contributed by atoms with van der Waals surface area (Å²) in [6.07, 6.45) is 2.72. The monoisotopic (exact) mass is 323 g/mol. The number of hydrogen-bond acceptors (Lipinski definition) is 4. The Morgan fingerprint density at radius 2 is 1.91 bits per heavy atom.